The first-order valence-electron chi connectivity index (χ1n) is 6.08. The maximum Gasteiger partial charge on any atom is 0.355 e. The molecule has 0 atom stereocenters. The predicted molar refractivity (Wildman–Crippen MR) is 74.1 cm³/mol. The van der Waals surface area contributed by atoms with Crippen molar-refractivity contribution in [2.24, 2.45) is 0 Å². The maximum atomic E-state index is 11.7. The summed E-state index contributed by atoms with van der Waals surface area (Å²) >= 11 is 1.18. The van der Waals surface area contributed by atoms with Crippen LogP contribution in [0.2, 0.25) is 0 Å². The van der Waals surface area contributed by atoms with Gasteiger partial charge in [-0.15, -0.1) is 11.3 Å². The van der Waals surface area contributed by atoms with Gasteiger partial charge < -0.3 is 20.3 Å². The van der Waals surface area contributed by atoms with Crippen molar-refractivity contribution in [2.75, 3.05) is 0 Å². The van der Waals surface area contributed by atoms with Crippen LogP contribution in [0.4, 0.5) is 4.79 Å². The number of carboxylic acids is 1. The van der Waals surface area contributed by atoms with Gasteiger partial charge in [0.05, 0.1) is 12.2 Å². The van der Waals surface area contributed by atoms with Gasteiger partial charge >= 0.3 is 12.0 Å². The number of carbonyl (C=O) groups excluding carboxylic acids is 1. The fourth-order valence-electron chi connectivity index (χ4n) is 1.63. The number of aryl methyl sites for hydroxylation is 2. The molecular formula is C12H14N4O4S. The van der Waals surface area contributed by atoms with Crippen molar-refractivity contribution in [3.63, 3.8) is 0 Å². The lowest BCUT2D eigenvalue weighted by Gasteiger charge is -2.05. The van der Waals surface area contributed by atoms with Crippen LogP contribution in [0.25, 0.3) is 0 Å². The molecule has 0 aliphatic heterocycles. The van der Waals surface area contributed by atoms with Crippen LogP contribution < -0.4 is 10.6 Å². The SMILES string of the molecule is Cc1noc(C)c1CNC(=O)NCc1nc(C(=O)O)cs1. The van der Waals surface area contributed by atoms with Crippen LogP contribution in [0.1, 0.15) is 32.5 Å². The Kier molecular flexibility index (Phi) is 4.53. The monoisotopic (exact) mass is 310 g/mol. The first-order chi connectivity index (χ1) is 9.97. The van der Waals surface area contributed by atoms with E-state index in [1.165, 1.54) is 16.7 Å². The van der Waals surface area contributed by atoms with E-state index in [-0.39, 0.29) is 18.3 Å². The van der Waals surface area contributed by atoms with Gasteiger partial charge in [-0.2, -0.15) is 0 Å². The van der Waals surface area contributed by atoms with E-state index in [2.05, 4.69) is 20.8 Å². The van der Waals surface area contributed by atoms with Gasteiger partial charge in [0.25, 0.3) is 0 Å². The van der Waals surface area contributed by atoms with Crippen molar-refractivity contribution in [2.45, 2.75) is 26.9 Å². The number of aromatic nitrogens is 2. The molecule has 2 rings (SSSR count). The van der Waals surface area contributed by atoms with E-state index in [0.717, 1.165) is 11.3 Å². The van der Waals surface area contributed by atoms with E-state index in [4.69, 9.17) is 9.63 Å². The molecular weight excluding hydrogens is 296 g/mol. The first-order valence-corrected chi connectivity index (χ1v) is 6.96. The third-order valence-corrected chi connectivity index (χ3v) is 3.63. The molecule has 21 heavy (non-hydrogen) atoms. The molecule has 3 N–H and O–H groups in total. The van der Waals surface area contributed by atoms with Crippen LogP contribution in [-0.2, 0) is 13.1 Å². The number of thiazole rings is 1. The Morgan fingerprint density at radius 1 is 1.33 bits per heavy atom. The van der Waals surface area contributed by atoms with Crippen molar-refractivity contribution in [1.29, 1.82) is 0 Å². The molecule has 112 valence electrons. The van der Waals surface area contributed by atoms with E-state index < -0.39 is 5.97 Å². The molecule has 0 aromatic carbocycles. The minimum Gasteiger partial charge on any atom is -0.476 e. The number of amides is 2. The summed E-state index contributed by atoms with van der Waals surface area (Å²) in [5.41, 5.74) is 1.55. The highest BCUT2D eigenvalue weighted by atomic mass is 32.1. The van der Waals surface area contributed by atoms with E-state index in [0.29, 0.717) is 17.3 Å². The number of hydrogen-bond acceptors (Lipinski definition) is 6. The summed E-state index contributed by atoms with van der Waals surface area (Å²) in [5, 5.41) is 19.8. The number of aromatic carboxylic acids is 1. The molecule has 0 radical (unpaired) electrons. The van der Waals surface area contributed by atoms with Crippen LogP contribution in [0.5, 0.6) is 0 Å². The van der Waals surface area contributed by atoms with Crippen LogP contribution >= 0.6 is 11.3 Å². The first kappa shape index (κ1) is 15.0. The third kappa shape index (κ3) is 3.78. The Labute approximate surface area is 124 Å². The molecule has 2 aromatic rings. The van der Waals surface area contributed by atoms with E-state index in [1.807, 2.05) is 0 Å². The number of rotatable bonds is 5. The molecule has 9 heteroatoms. The number of carboxylic acid groups (broad SMARTS) is 1. The molecule has 2 heterocycles. The zero-order chi connectivity index (χ0) is 15.4. The number of nitrogens with zero attached hydrogens (tertiary/aromatic N) is 2. The normalized spacial score (nSPS) is 10.4. The topological polar surface area (TPSA) is 117 Å². The van der Waals surface area contributed by atoms with Gasteiger partial charge in [-0.1, -0.05) is 5.16 Å². The van der Waals surface area contributed by atoms with Crippen LogP contribution in [-0.4, -0.2) is 27.2 Å². The minimum atomic E-state index is -1.08. The van der Waals surface area contributed by atoms with Gasteiger partial charge in [-0.3, -0.25) is 0 Å². The third-order valence-electron chi connectivity index (χ3n) is 2.78. The van der Waals surface area contributed by atoms with Gasteiger partial charge in [0.2, 0.25) is 0 Å². The summed E-state index contributed by atoms with van der Waals surface area (Å²) in [4.78, 5) is 26.2. The number of hydrogen-bond donors (Lipinski definition) is 3. The standard InChI is InChI=1S/C12H14N4O4S/c1-6-8(7(2)20-16-6)3-13-12(19)14-4-10-15-9(5-21-10)11(17)18/h5H,3-4H2,1-2H3,(H,17,18)(H2,13,14,19). The molecule has 0 saturated heterocycles. The van der Waals surface area contributed by atoms with Crippen molar-refractivity contribution in [3.8, 4) is 0 Å². The molecule has 0 unspecified atom stereocenters. The van der Waals surface area contributed by atoms with Crippen LogP contribution in [0, 0.1) is 13.8 Å². The smallest absolute Gasteiger partial charge is 0.355 e. The molecule has 8 nitrogen and oxygen atoms in total. The van der Waals surface area contributed by atoms with Crippen molar-refractivity contribution in [3.05, 3.63) is 33.1 Å². The van der Waals surface area contributed by atoms with Crippen LogP contribution in [0.15, 0.2) is 9.90 Å². The molecule has 2 amide bonds. The Hall–Kier alpha value is -2.42. The molecule has 0 fully saturated rings. The quantitative estimate of drug-likeness (QED) is 0.769. The van der Waals surface area contributed by atoms with Gasteiger partial charge in [-0.05, 0) is 13.8 Å². The van der Waals surface area contributed by atoms with E-state index in [9.17, 15) is 9.59 Å². The van der Waals surface area contributed by atoms with Gasteiger partial charge in [-0.25, -0.2) is 14.6 Å². The average molecular weight is 310 g/mol. The van der Waals surface area contributed by atoms with E-state index >= 15 is 0 Å². The fourth-order valence-corrected chi connectivity index (χ4v) is 2.34. The minimum absolute atomic E-state index is 0.0204. The molecule has 0 spiro atoms. The second kappa shape index (κ2) is 6.35. The summed E-state index contributed by atoms with van der Waals surface area (Å²) in [6.45, 7) is 4.06. The van der Waals surface area contributed by atoms with Crippen molar-refractivity contribution < 1.29 is 19.2 Å². The van der Waals surface area contributed by atoms with Gasteiger partial charge in [0.15, 0.2) is 5.69 Å². The Balaban J connectivity index is 1.81. The maximum absolute atomic E-state index is 11.7. The number of carbonyl (C=O) groups is 2. The lowest BCUT2D eigenvalue weighted by molar-refractivity contribution is 0.0691. The predicted octanol–water partition coefficient (Wildman–Crippen LogP) is 1.45. The lowest BCUT2D eigenvalue weighted by Crippen LogP contribution is -2.34. The largest absolute Gasteiger partial charge is 0.476 e. The molecule has 2 aromatic heterocycles. The molecule has 0 saturated carbocycles. The highest BCUT2D eigenvalue weighted by Crippen LogP contribution is 2.11. The summed E-state index contributed by atoms with van der Waals surface area (Å²) < 4.78 is 5.00. The summed E-state index contributed by atoms with van der Waals surface area (Å²) in [5.74, 6) is -0.417. The molecule has 0 aliphatic rings. The van der Waals surface area contributed by atoms with Gasteiger partial charge in [0, 0.05) is 17.5 Å². The fraction of sp³-hybridized carbons (Fsp3) is 0.333. The zero-order valence-corrected chi connectivity index (χ0v) is 12.3. The van der Waals surface area contributed by atoms with Crippen molar-refractivity contribution in [1.82, 2.24) is 20.8 Å². The summed E-state index contributed by atoms with van der Waals surface area (Å²) in [7, 11) is 0. The highest BCUT2D eigenvalue weighted by molar-refractivity contribution is 7.09. The van der Waals surface area contributed by atoms with Crippen molar-refractivity contribution >= 4 is 23.3 Å². The van der Waals surface area contributed by atoms with Gasteiger partial charge in [0.1, 0.15) is 10.8 Å². The zero-order valence-electron chi connectivity index (χ0n) is 11.5. The van der Waals surface area contributed by atoms with E-state index in [1.54, 1.807) is 13.8 Å². The average Bonchev–Trinajstić information content (AvgIpc) is 3.03. The number of urea groups is 1. The number of nitrogens with one attached hydrogen (secondary N) is 2. The molecule has 0 aliphatic carbocycles. The Morgan fingerprint density at radius 3 is 2.62 bits per heavy atom. The summed E-state index contributed by atoms with van der Waals surface area (Å²) in [6, 6.07) is -0.373. The lowest BCUT2D eigenvalue weighted by atomic mass is 10.2. The second-order valence-electron chi connectivity index (χ2n) is 4.27. The second-order valence-corrected chi connectivity index (χ2v) is 5.21. The summed E-state index contributed by atoms with van der Waals surface area (Å²) in [6.07, 6.45) is 0. The Morgan fingerprint density at radius 2 is 2.05 bits per heavy atom. The molecule has 0 bridgehead atoms. The van der Waals surface area contributed by atoms with Crippen LogP contribution in [0.3, 0.4) is 0 Å². The Bertz CT molecular complexity index is 645. The highest BCUT2D eigenvalue weighted by Gasteiger charge is 2.11.